The van der Waals surface area contributed by atoms with E-state index in [0.717, 1.165) is 18.2 Å². The number of sulfonamides is 1. The monoisotopic (exact) mass is 329 g/mol. The van der Waals surface area contributed by atoms with Crippen LogP contribution >= 0.6 is 0 Å². The van der Waals surface area contributed by atoms with E-state index >= 15 is 0 Å². The van der Waals surface area contributed by atoms with E-state index in [2.05, 4.69) is 15.1 Å². The quantitative estimate of drug-likeness (QED) is 0.774. The first-order chi connectivity index (χ1) is 10.3. The van der Waals surface area contributed by atoms with E-state index in [4.69, 9.17) is 0 Å². The summed E-state index contributed by atoms with van der Waals surface area (Å²) in [4.78, 5) is 13.8. The molecule has 2 amide bonds. The number of urea groups is 1. The Bertz CT molecular complexity index is 605. The van der Waals surface area contributed by atoms with Gasteiger partial charge in [0.05, 0.1) is 12.5 Å². The second kappa shape index (κ2) is 7.10. The Morgan fingerprint density at radius 3 is 2.64 bits per heavy atom. The summed E-state index contributed by atoms with van der Waals surface area (Å²) in [6, 6.07) is -0.170. The van der Waals surface area contributed by atoms with Gasteiger partial charge in [0.1, 0.15) is 0 Å². The first kappa shape index (κ1) is 16.8. The normalized spacial score (nSPS) is 16.7. The summed E-state index contributed by atoms with van der Waals surface area (Å²) in [7, 11) is -1.32. The lowest BCUT2D eigenvalue weighted by molar-refractivity contribution is 0.180. The van der Waals surface area contributed by atoms with Gasteiger partial charge in [0.25, 0.3) is 0 Å². The van der Waals surface area contributed by atoms with Gasteiger partial charge in [-0.3, -0.25) is 4.68 Å². The maximum atomic E-state index is 12.0. The molecule has 0 radical (unpaired) electrons. The average Bonchev–Trinajstić information content (AvgIpc) is 2.83. The Balaban J connectivity index is 1.69. The van der Waals surface area contributed by atoms with Gasteiger partial charge in [-0.25, -0.2) is 17.9 Å². The highest BCUT2D eigenvalue weighted by Gasteiger charge is 2.24. The molecular weight excluding hydrogens is 306 g/mol. The fourth-order valence-corrected chi connectivity index (χ4v) is 3.37. The number of rotatable bonds is 5. The second-order valence-corrected chi connectivity index (χ2v) is 7.44. The van der Waals surface area contributed by atoms with Crippen LogP contribution < -0.4 is 10.0 Å². The number of amides is 2. The molecule has 0 saturated carbocycles. The van der Waals surface area contributed by atoms with E-state index in [0.29, 0.717) is 32.5 Å². The van der Waals surface area contributed by atoms with Gasteiger partial charge < -0.3 is 10.2 Å². The molecular formula is C13H23N5O3S. The molecule has 0 aromatic carbocycles. The number of aromatic nitrogens is 2. The number of piperidine rings is 1. The van der Waals surface area contributed by atoms with Crippen molar-refractivity contribution in [1.29, 1.82) is 0 Å². The van der Waals surface area contributed by atoms with Crippen LogP contribution in [0.2, 0.25) is 0 Å². The molecule has 2 rings (SSSR count). The van der Waals surface area contributed by atoms with E-state index in [-0.39, 0.29) is 12.1 Å². The highest BCUT2D eigenvalue weighted by Crippen LogP contribution is 2.11. The zero-order valence-electron chi connectivity index (χ0n) is 12.9. The van der Waals surface area contributed by atoms with Crippen LogP contribution in [-0.4, -0.2) is 61.1 Å². The van der Waals surface area contributed by atoms with E-state index < -0.39 is 10.0 Å². The Morgan fingerprint density at radius 2 is 2.09 bits per heavy atom. The first-order valence-corrected chi connectivity index (χ1v) is 9.20. The van der Waals surface area contributed by atoms with Gasteiger partial charge in [-0.15, -0.1) is 0 Å². The Labute approximate surface area is 130 Å². The van der Waals surface area contributed by atoms with Crippen molar-refractivity contribution in [3.63, 3.8) is 0 Å². The van der Waals surface area contributed by atoms with E-state index in [1.54, 1.807) is 15.8 Å². The number of hydrogen-bond acceptors (Lipinski definition) is 4. The van der Waals surface area contributed by atoms with Gasteiger partial charge in [-0.2, -0.15) is 5.10 Å². The third kappa shape index (κ3) is 5.30. The van der Waals surface area contributed by atoms with Gasteiger partial charge in [0.2, 0.25) is 10.0 Å². The Hall–Kier alpha value is -1.61. The zero-order chi connectivity index (χ0) is 16.2. The molecule has 9 heteroatoms. The maximum absolute atomic E-state index is 12.0. The summed E-state index contributed by atoms with van der Waals surface area (Å²) in [6.45, 7) is 1.68. The fourth-order valence-electron chi connectivity index (χ4n) is 2.53. The van der Waals surface area contributed by atoms with Crippen molar-refractivity contribution in [2.75, 3.05) is 25.9 Å². The molecule has 1 aliphatic heterocycles. The van der Waals surface area contributed by atoms with Gasteiger partial charge in [0.15, 0.2) is 0 Å². The lowest BCUT2D eigenvalue weighted by Gasteiger charge is -2.32. The number of nitrogens with zero attached hydrogens (tertiary/aromatic N) is 3. The zero-order valence-corrected chi connectivity index (χ0v) is 13.8. The van der Waals surface area contributed by atoms with E-state index in [9.17, 15) is 13.2 Å². The molecule has 0 bridgehead atoms. The number of likely N-dealkylation sites (tertiary alicyclic amines) is 1. The summed E-state index contributed by atoms with van der Waals surface area (Å²) in [5.74, 6) is 0. The SMILES string of the molecule is Cn1cc(CCNC(=O)N2CCC(NS(C)(=O)=O)CC2)cn1. The number of hydrogen-bond donors (Lipinski definition) is 2. The lowest BCUT2D eigenvalue weighted by atomic mass is 10.1. The van der Waals surface area contributed by atoms with Crippen molar-refractivity contribution >= 4 is 16.1 Å². The van der Waals surface area contributed by atoms with Crippen LogP contribution in [0.25, 0.3) is 0 Å². The molecule has 1 saturated heterocycles. The standard InChI is InChI=1S/C13H23N5O3S/c1-17-10-11(9-15-17)3-6-14-13(19)18-7-4-12(5-8-18)16-22(2,20)21/h9-10,12,16H,3-8H2,1-2H3,(H,14,19). The molecule has 1 aliphatic rings. The van der Waals surface area contributed by atoms with Crippen LogP contribution in [0.4, 0.5) is 4.79 Å². The molecule has 8 nitrogen and oxygen atoms in total. The van der Waals surface area contributed by atoms with E-state index in [1.165, 1.54) is 0 Å². The second-order valence-electron chi connectivity index (χ2n) is 5.66. The molecule has 1 aromatic heterocycles. The summed E-state index contributed by atoms with van der Waals surface area (Å²) in [5.41, 5.74) is 1.08. The number of carbonyl (C=O) groups excluding carboxylic acids is 1. The van der Waals surface area contributed by atoms with Gasteiger partial charge in [-0.05, 0) is 24.8 Å². The topological polar surface area (TPSA) is 96.3 Å². The predicted molar refractivity (Wildman–Crippen MR) is 82.9 cm³/mol. The van der Waals surface area contributed by atoms with Crippen molar-refractivity contribution in [2.45, 2.75) is 25.3 Å². The highest BCUT2D eigenvalue weighted by atomic mass is 32.2. The average molecular weight is 329 g/mol. The predicted octanol–water partition coefficient (Wildman–Crippen LogP) is -0.314. The summed E-state index contributed by atoms with van der Waals surface area (Å²) < 4.78 is 26.7. The lowest BCUT2D eigenvalue weighted by Crippen LogP contribution is -2.49. The molecule has 124 valence electrons. The van der Waals surface area contributed by atoms with Crippen LogP contribution in [0.3, 0.4) is 0 Å². The fraction of sp³-hybridized carbons (Fsp3) is 0.692. The van der Waals surface area contributed by atoms with Crippen LogP contribution in [0.1, 0.15) is 18.4 Å². The van der Waals surface area contributed by atoms with Crippen molar-refractivity contribution in [2.24, 2.45) is 7.05 Å². The molecule has 0 atom stereocenters. The van der Waals surface area contributed by atoms with Crippen LogP contribution in [0, 0.1) is 0 Å². The third-order valence-electron chi connectivity index (χ3n) is 3.61. The minimum absolute atomic E-state index is 0.0746. The maximum Gasteiger partial charge on any atom is 0.317 e. The highest BCUT2D eigenvalue weighted by molar-refractivity contribution is 7.88. The smallest absolute Gasteiger partial charge is 0.317 e. The minimum atomic E-state index is -3.18. The first-order valence-electron chi connectivity index (χ1n) is 7.31. The van der Waals surface area contributed by atoms with Gasteiger partial charge in [-0.1, -0.05) is 0 Å². The molecule has 22 heavy (non-hydrogen) atoms. The molecule has 0 spiro atoms. The third-order valence-corrected chi connectivity index (χ3v) is 4.37. The van der Waals surface area contributed by atoms with Gasteiger partial charge in [0, 0.05) is 38.9 Å². The number of aryl methyl sites for hydroxylation is 1. The molecule has 1 aromatic rings. The largest absolute Gasteiger partial charge is 0.338 e. The Morgan fingerprint density at radius 1 is 1.41 bits per heavy atom. The summed E-state index contributed by atoms with van der Waals surface area (Å²) >= 11 is 0. The van der Waals surface area contributed by atoms with Crippen molar-refractivity contribution in [1.82, 2.24) is 24.7 Å². The van der Waals surface area contributed by atoms with Crippen LogP contribution in [0.15, 0.2) is 12.4 Å². The minimum Gasteiger partial charge on any atom is -0.338 e. The van der Waals surface area contributed by atoms with Crippen molar-refractivity contribution in [3.8, 4) is 0 Å². The molecule has 2 heterocycles. The van der Waals surface area contributed by atoms with Gasteiger partial charge >= 0.3 is 6.03 Å². The molecule has 2 N–H and O–H groups in total. The van der Waals surface area contributed by atoms with Crippen LogP contribution in [0.5, 0.6) is 0 Å². The number of carbonyl (C=O) groups is 1. The summed E-state index contributed by atoms with van der Waals surface area (Å²) in [5, 5.41) is 6.96. The molecule has 0 aliphatic carbocycles. The van der Waals surface area contributed by atoms with E-state index in [1.807, 2.05) is 13.2 Å². The van der Waals surface area contributed by atoms with Crippen molar-refractivity contribution < 1.29 is 13.2 Å². The molecule has 1 fully saturated rings. The molecule has 0 unspecified atom stereocenters. The number of nitrogens with one attached hydrogen (secondary N) is 2. The summed E-state index contributed by atoms with van der Waals surface area (Å²) in [6.07, 6.45) is 6.89. The van der Waals surface area contributed by atoms with Crippen LogP contribution in [-0.2, 0) is 23.5 Å². The van der Waals surface area contributed by atoms with Crippen molar-refractivity contribution in [3.05, 3.63) is 18.0 Å². The Kier molecular flexibility index (Phi) is 5.41.